The molecule has 0 aliphatic carbocycles. The summed E-state index contributed by atoms with van der Waals surface area (Å²) in [5.41, 5.74) is 0.763. The quantitative estimate of drug-likeness (QED) is 0.450. The Morgan fingerprint density at radius 2 is 1.92 bits per heavy atom. The van der Waals surface area contributed by atoms with Gasteiger partial charge in [0.15, 0.2) is 11.5 Å². The van der Waals surface area contributed by atoms with Gasteiger partial charge in [-0.05, 0) is 30.7 Å². The van der Waals surface area contributed by atoms with E-state index < -0.39 is 12.0 Å². The molecule has 1 atom stereocenters. The number of benzene rings is 1. The number of amides is 1. The molecule has 2 rings (SSSR count). The monoisotopic (exact) mass is 367 g/mol. The van der Waals surface area contributed by atoms with Gasteiger partial charge in [-0.15, -0.1) is 0 Å². The molecule has 1 fully saturated rings. The number of rotatable bonds is 5. The first kappa shape index (κ1) is 18.3. The fourth-order valence-electron chi connectivity index (χ4n) is 2.18. The summed E-state index contributed by atoms with van der Waals surface area (Å²) in [5, 5.41) is 0. The molecule has 1 aromatic carbocycles. The van der Waals surface area contributed by atoms with Gasteiger partial charge in [-0.1, -0.05) is 30.0 Å². The number of thioether (sulfide) groups is 1. The van der Waals surface area contributed by atoms with Crippen LogP contribution in [0.25, 0.3) is 6.08 Å². The molecule has 0 spiro atoms. The molecular formula is C16H17NO5S2. The van der Waals surface area contributed by atoms with Gasteiger partial charge in [-0.25, -0.2) is 4.79 Å². The topological polar surface area (TPSA) is 65.1 Å². The van der Waals surface area contributed by atoms with Crippen LogP contribution in [0.5, 0.6) is 11.5 Å². The van der Waals surface area contributed by atoms with Crippen LogP contribution in [-0.4, -0.2) is 48.5 Å². The van der Waals surface area contributed by atoms with E-state index in [1.807, 2.05) is 0 Å². The highest BCUT2D eigenvalue weighted by atomic mass is 32.2. The average molecular weight is 367 g/mol. The van der Waals surface area contributed by atoms with E-state index in [1.165, 1.54) is 12.0 Å². The summed E-state index contributed by atoms with van der Waals surface area (Å²) >= 11 is 6.36. The number of hydrogen-bond acceptors (Lipinski definition) is 7. The zero-order valence-corrected chi connectivity index (χ0v) is 15.3. The summed E-state index contributed by atoms with van der Waals surface area (Å²) in [5.74, 6) is 0.322. The number of carbonyl (C=O) groups excluding carboxylic acids is 2. The van der Waals surface area contributed by atoms with Crippen molar-refractivity contribution in [2.75, 3.05) is 21.3 Å². The Labute approximate surface area is 149 Å². The van der Waals surface area contributed by atoms with Crippen LogP contribution >= 0.6 is 24.0 Å². The molecule has 0 N–H and O–H groups in total. The number of esters is 1. The fourth-order valence-corrected chi connectivity index (χ4v) is 3.60. The van der Waals surface area contributed by atoms with Crippen LogP contribution in [0.4, 0.5) is 0 Å². The Kier molecular flexibility index (Phi) is 5.84. The number of nitrogens with zero attached hydrogens (tertiary/aromatic N) is 1. The van der Waals surface area contributed by atoms with E-state index in [2.05, 4.69) is 4.74 Å². The van der Waals surface area contributed by atoms with Crippen molar-refractivity contribution in [2.45, 2.75) is 13.0 Å². The first-order chi connectivity index (χ1) is 11.4. The van der Waals surface area contributed by atoms with Crippen LogP contribution < -0.4 is 9.47 Å². The molecule has 8 heteroatoms. The predicted octanol–water partition coefficient (Wildman–Crippen LogP) is 2.47. The van der Waals surface area contributed by atoms with Crippen LogP contribution in [0.3, 0.4) is 0 Å². The van der Waals surface area contributed by atoms with Crippen molar-refractivity contribution < 1.29 is 23.8 Å². The van der Waals surface area contributed by atoms with Crippen LogP contribution in [-0.2, 0) is 14.3 Å². The third-order valence-electron chi connectivity index (χ3n) is 3.46. The number of thiocarbonyl (C=S) groups is 1. The summed E-state index contributed by atoms with van der Waals surface area (Å²) in [6.07, 6.45) is 1.70. The maximum atomic E-state index is 12.5. The summed E-state index contributed by atoms with van der Waals surface area (Å²) < 4.78 is 15.4. The van der Waals surface area contributed by atoms with Crippen molar-refractivity contribution >= 4 is 46.3 Å². The summed E-state index contributed by atoms with van der Waals surface area (Å²) in [7, 11) is 4.37. The number of carbonyl (C=O) groups is 2. The Bertz CT molecular complexity index is 716. The lowest BCUT2D eigenvalue weighted by molar-refractivity contribution is -0.147. The first-order valence-electron chi connectivity index (χ1n) is 6.99. The Hall–Kier alpha value is -2.06. The highest BCUT2D eigenvalue weighted by Gasteiger charge is 2.38. The van der Waals surface area contributed by atoms with E-state index in [1.54, 1.807) is 45.4 Å². The predicted molar refractivity (Wildman–Crippen MR) is 96.0 cm³/mol. The summed E-state index contributed by atoms with van der Waals surface area (Å²) in [6, 6.07) is 4.55. The second-order valence-corrected chi connectivity index (χ2v) is 6.54. The number of methoxy groups -OCH3 is 3. The number of ether oxygens (including phenoxy) is 3. The molecule has 0 unspecified atom stereocenters. The van der Waals surface area contributed by atoms with Gasteiger partial charge >= 0.3 is 5.97 Å². The molecule has 1 aliphatic rings. The van der Waals surface area contributed by atoms with E-state index >= 15 is 0 Å². The lowest BCUT2D eigenvalue weighted by Gasteiger charge is -2.20. The minimum absolute atomic E-state index is 0.322. The zero-order chi connectivity index (χ0) is 17.9. The highest BCUT2D eigenvalue weighted by molar-refractivity contribution is 8.26. The Morgan fingerprint density at radius 3 is 2.50 bits per heavy atom. The minimum Gasteiger partial charge on any atom is -0.493 e. The summed E-state index contributed by atoms with van der Waals surface area (Å²) in [4.78, 5) is 25.9. The number of hydrogen-bond donors (Lipinski definition) is 0. The SMILES string of the molecule is COC(=O)[C@@H](C)N1C(=O)/C(=C/c2ccc(OC)c(OC)c2)SC1=S. The smallest absolute Gasteiger partial charge is 0.328 e. The Morgan fingerprint density at radius 1 is 1.25 bits per heavy atom. The molecule has 1 saturated heterocycles. The minimum atomic E-state index is -0.765. The van der Waals surface area contributed by atoms with Gasteiger partial charge in [-0.2, -0.15) is 0 Å². The average Bonchev–Trinajstić information content (AvgIpc) is 2.86. The van der Waals surface area contributed by atoms with Crippen molar-refractivity contribution in [1.82, 2.24) is 4.90 Å². The van der Waals surface area contributed by atoms with Crippen molar-refractivity contribution in [2.24, 2.45) is 0 Å². The lowest BCUT2D eigenvalue weighted by Crippen LogP contribution is -2.42. The fraction of sp³-hybridized carbons (Fsp3) is 0.312. The Balaban J connectivity index is 2.30. The van der Waals surface area contributed by atoms with E-state index in [9.17, 15) is 9.59 Å². The molecule has 0 radical (unpaired) electrons. The second kappa shape index (κ2) is 7.67. The molecule has 24 heavy (non-hydrogen) atoms. The molecule has 1 aromatic rings. The molecule has 1 heterocycles. The maximum absolute atomic E-state index is 12.5. The van der Waals surface area contributed by atoms with Crippen molar-refractivity contribution in [3.63, 3.8) is 0 Å². The molecule has 0 aromatic heterocycles. The third kappa shape index (κ3) is 3.54. The van der Waals surface area contributed by atoms with Crippen LogP contribution in [0.2, 0.25) is 0 Å². The van der Waals surface area contributed by atoms with E-state index in [0.717, 1.165) is 17.3 Å². The van der Waals surface area contributed by atoms with Gasteiger partial charge in [0.25, 0.3) is 5.91 Å². The van der Waals surface area contributed by atoms with E-state index in [0.29, 0.717) is 20.7 Å². The zero-order valence-electron chi connectivity index (χ0n) is 13.7. The van der Waals surface area contributed by atoms with Gasteiger partial charge in [0, 0.05) is 0 Å². The first-order valence-corrected chi connectivity index (χ1v) is 8.22. The second-order valence-electron chi connectivity index (χ2n) is 4.87. The molecule has 1 amide bonds. The third-order valence-corrected chi connectivity index (χ3v) is 4.79. The van der Waals surface area contributed by atoms with Crippen LogP contribution in [0.1, 0.15) is 12.5 Å². The molecular weight excluding hydrogens is 350 g/mol. The van der Waals surface area contributed by atoms with E-state index in [4.69, 9.17) is 21.7 Å². The van der Waals surface area contributed by atoms with Gasteiger partial charge in [-0.3, -0.25) is 9.69 Å². The maximum Gasteiger partial charge on any atom is 0.328 e. The lowest BCUT2D eigenvalue weighted by atomic mass is 10.1. The van der Waals surface area contributed by atoms with Gasteiger partial charge in [0.1, 0.15) is 10.4 Å². The van der Waals surface area contributed by atoms with Crippen molar-refractivity contribution in [3.05, 3.63) is 28.7 Å². The van der Waals surface area contributed by atoms with Crippen molar-refractivity contribution in [3.8, 4) is 11.5 Å². The van der Waals surface area contributed by atoms with Gasteiger partial charge in [0.2, 0.25) is 0 Å². The van der Waals surface area contributed by atoms with Crippen LogP contribution in [0, 0.1) is 0 Å². The summed E-state index contributed by atoms with van der Waals surface area (Å²) in [6.45, 7) is 1.58. The molecule has 0 saturated carbocycles. The normalized spacial score (nSPS) is 17.2. The standard InChI is InChI=1S/C16H17NO5S2/c1-9(15(19)22-4)17-14(18)13(24-16(17)23)8-10-5-6-11(20-2)12(7-10)21-3/h5-9H,1-4H3/b13-8-/t9-/m1/s1. The van der Waals surface area contributed by atoms with Gasteiger partial charge in [0.05, 0.1) is 26.2 Å². The molecule has 1 aliphatic heterocycles. The largest absolute Gasteiger partial charge is 0.493 e. The van der Waals surface area contributed by atoms with Gasteiger partial charge < -0.3 is 14.2 Å². The molecule has 0 bridgehead atoms. The molecule has 128 valence electrons. The van der Waals surface area contributed by atoms with Crippen LogP contribution in [0.15, 0.2) is 23.1 Å². The molecule has 6 nitrogen and oxygen atoms in total. The van der Waals surface area contributed by atoms with E-state index in [-0.39, 0.29) is 5.91 Å². The van der Waals surface area contributed by atoms with Crippen molar-refractivity contribution in [1.29, 1.82) is 0 Å². The highest BCUT2D eigenvalue weighted by Crippen LogP contribution is 2.35.